The van der Waals surface area contributed by atoms with Crippen LogP contribution in [0.1, 0.15) is 91.9 Å². The molecule has 2 N–H and O–H groups in total. The van der Waals surface area contributed by atoms with E-state index < -0.39 is 5.97 Å². The summed E-state index contributed by atoms with van der Waals surface area (Å²) in [6.07, 6.45) is 11.0. The standard InChI is InChI=1S/C25H42O3/c1-15(5-8-22(27)28)19-6-7-20-23-16(2)13-17-14-18(26)9-11-24(17,3)21(23)10-12-25(19,20)4/h15-21,23,26H,5-14H2,1-4H3,(H,27,28)/t15-,16?,17-,18-,19-,20+,21+,23+,24+,25-/m1/s1. The second kappa shape index (κ2) is 7.29. The van der Waals surface area contributed by atoms with Crippen LogP contribution in [0.5, 0.6) is 0 Å². The molecule has 0 amide bonds. The molecule has 0 aliphatic heterocycles. The molecular formula is C25H42O3. The maximum atomic E-state index is 11.1. The van der Waals surface area contributed by atoms with Crippen molar-refractivity contribution in [3.05, 3.63) is 0 Å². The lowest BCUT2D eigenvalue weighted by Crippen LogP contribution is -2.56. The van der Waals surface area contributed by atoms with Gasteiger partial charge in [0.25, 0.3) is 0 Å². The largest absolute Gasteiger partial charge is 0.481 e. The molecule has 0 spiro atoms. The number of hydrogen-bond donors (Lipinski definition) is 2. The highest BCUT2D eigenvalue weighted by atomic mass is 16.4. The molecule has 4 aliphatic rings. The van der Waals surface area contributed by atoms with Crippen LogP contribution < -0.4 is 0 Å². The minimum Gasteiger partial charge on any atom is -0.481 e. The zero-order chi connectivity index (χ0) is 20.3. The van der Waals surface area contributed by atoms with Crippen LogP contribution in [0.15, 0.2) is 0 Å². The van der Waals surface area contributed by atoms with E-state index in [1.54, 1.807) is 0 Å². The van der Waals surface area contributed by atoms with E-state index in [1.807, 2.05) is 0 Å². The average molecular weight is 391 g/mol. The summed E-state index contributed by atoms with van der Waals surface area (Å²) in [6, 6.07) is 0. The summed E-state index contributed by atoms with van der Waals surface area (Å²) in [4.78, 5) is 11.1. The molecule has 4 fully saturated rings. The van der Waals surface area contributed by atoms with Gasteiger partial charge in [0.15, 0.2) is 0 Å². The number of aliphatic hydroxyl groups excluding tert-OH is 1. The SMILES string of the molecule is CC1C[C@@H]2C[C@H](O)CC[C@]2(C)[C@H]2CC[C@]3(C)[C@@H]([C@H](C)CCC(=O)O)CC[C@H]3[C@H]12. The van der Waals surface area contributed by atoms with Crippen LogP contribution in [0.2, 0.25) is 0 Å². The summed E-state index contributed by atoms with van der Waals surface area (Å²) >= 11 is 0. The first kappa shape index (κ1) is 20.7. The van der Waals surface area contributed by atoms with E-state index in [1.165, 1.54) is 38.5 Å². The molecule has 10 atom stereocenters. The van der Waals surface area contributed by atoms with Crippen molar-refractivity contribution in [1.29, 1.82) is 0 Å². The van der Waals surface area contributed by atoms with Gasteiger partial charge in [-0.3, -0.25) is 4.79 Å². The topological polar surface area (TPSA) is 57.5 Å². The fraction of sp³-hybridized carbons (Fsp3) is 0.960. The van der Waals surface area contributed by atoms with Crippen LogP contribution in [0.4, 0.5) is 0 Å². The van der Waals surface area contributed by atoms with Gasteiger partial charge in [-0.2, -0.15) is 0 Å². The van der Waals surface area contributed by atoms with Gasteiger partial charge in [0.05, 0.1) is 6.10 Å². The summed E-state index contributed by atoms with van der Waals surface area (Å²) in [6.45, 7) is 9.95. The Morgan fingerprint density at radius 2 is 1.71 bits per heavy atom. The van der Waals surface area contributed by atoms with Crippen LogP contribution in [0, 0.1) is 52.3 Å². The zero-order valence-electron chi connectivity index (χ0n) is 18.5. The molecular weight excluding hydrogens is 348 g/mol. The fourth-order valence-electron chi connectivity index (χ4n) is 9.14. The zero-order valence-corrected chi connectivity index (χ0v) is 18.5. The third kappa shape index (κ3) is 3.15. The average Bonchev–Trinajstić information content (AvgIpc) is 2.98. The van der Waals surface area contributed by atoms with Gasteiger partial charge in [0.1, 0.15) is 0 Å². The van der Waals surface area contributed by atoms with Crippen LogP contribution in [-0.4, -0.2) is 22.3 Å². The first-order chi connectivity index (χ1) is 13.2. The summed E-state index contributed by atoms with van der Waals surface area (Å²) in [5, 5.41) is 19.4. The quantitative estimate of drug-likeness (QED) is 0.642. The molecule has 4 aliphatic carbocycles. The molecule has 1 unspecified atom stereocenters. The molecule has 4 rings (SSSR count). The second-order valence-electron chi connectivity index (χ2n) is 11.8. The van der Waals surface area contributed by atoms with Crippen LogP contribution >= 0.6 is 0 Å². The van der Waals surface area contributed by atoms with Crippen LogP contribution in [0.3, 0.4) is 0 Å². The fourth-order valence-corrected chi connectivity index (χ4v) is 9.14. The lowest BCUT2D eigenvalue weighted by atomic mass is 9.42. The van der Waals surface area contributed by atoms with Gasteiger partial charge < -0.3 is 10.2 Å². The maximum Gasteiger partial charge on any atom is 0.303 e. The molecule has 0 saturated heterocycles. The van der Waals surface area contributed by atoms with Gasteiger partial charge >= 0.3 is 5.97 Å². The van der Waals surface area contributed by atoms with Gasteiger partial charge in [-0.25, -0.2) is 0 Å². The van der Waals surface area contributed by atoms with Gasteiger partial charge in [-0.15, -0.1) is 0 Å². The Bertz CT molecular complexity index is 603. The number of fused-ring (bicyclic) bond motifs is 5. The molecule has 3 heteroatoms. The first-order valence-electron chi connectivity index (χ1n) is 12.1. The van der Waals surface area contributed by atoms with E-state index in [9.17, 15) is 9.90 Å². The minimum atomic E-state index is -0.644. The van der Waals surface area contributed by atoms with E-state index >= 15 is 0 Å². The van der Waals surface area contributed by atoms with Crippen molar-refractivity contribution in [3.63, 3.8) is 0 Å². The molecule has 3 nitrogen and oxygen atoms in total. The Labute approximate surface area is 171 Å². The summed E-state index contributed by atoms with van der Waals surface area (Å²) in [5.74, 6) is 4.55. The lowest BCUT2D eigenvalue weighted by Gasteiger charge is -2.63. The highest BCUT2D eigenvalue weighted by Crippen LogP contribution is 2.69. The van der Waals surface area contributed by atoms with E-state index in [0.717, 1.165) is 42.9 Å². The van der Waals surface area contributed by atoms with Crippen LogP contribution in [0.25, 0.3) is 0 Å². The third-order valence-electron chi connectivity index (χ3n) is 10.6. The highest BCUT2D eigenvalue weighted by molar-refractivity contribution is 5.66. The second-order valence-corrected chi connectivity index (χ2v) is 11.8. The summed E-state index contributed by atoms with van der Waals surface area (Å²) in [7, 11) is 0. The van der Waals surface area contributed by atoms with Gasteiger partial charge in [-0.05, 0) is 110 Å². The minimum absolute atomic E-state index is 0.0679. The molecule has 0 heterocycles. The Balaban J connectivity index is 1.55. The molecule has 0 aromatic carbocycles. The van der Waals surface area contributed by atoms with Crippen molar-refractivity contribution in [3.8, 4) is 0 Å². The molecule has 28 heavy (non-hydrogen) atoms. The van der Waals surface area contributed by atoms with Crippen molar-refractivity contribution in [2.75, 3.05) is 0 Å². The van der Waals surface area contributed by atoms with Crippen molar-refractivity contribution >= 4 is 5.97 Å². The van der Waals surface area contributed by atoms with Crippen molar-refractivity contribution in [2.45, 2.75) is 98.0 Å². The first-order valence-corrected chi connectivity index (χ1v) is 12.1. The number of hydrogen-bond acceptors (Lipinski definition) is 2. The van der Waals surface area contributed by atoms with Crippen LogP contribution in [-0.2, 0) is 4.79 Å². The van der Waals surface area contributed by atoms with Gasteiger partial charge in [0.2, 0.25) is 0 Å². The molecule has 0 bridgehead atoms. The monoisotopic (exact) mass is 390 g/mol. The van der Waals surface area contributed by atoms with Crippen molar-refractivity contribution in [2.24, 2.45) is 52.3 Å². The van der Waals surface area contributed by atoms with Crippen molar-refractivity contribution in [1.82, 2.24) is 0 Å². The van der Waals surface area contributed by atoms with E-state index in [4.69, 9.17) is 5.11 Å². The number of carbonyl (C=O) groups is 1. The third-order valence-corrected chi connectivity index (χ3v) is 10.6. The maximum absolute atomic E-state index is 11.1. The Morgan fingerprint density at radius 3 is 2.43 bits per heavy atom. The highest BCUT2D eigenvalue weighted by Gasteiger charge is 2.62. The summed E-state index contributed by atoms with van der Waals surface area (Å²) in [5.41, 5.74) is 0.843. The number of aliphatic carboxylic acids is 1. The molecule has 0 radical (unpaired) electrons. The Kier molecular flexibility index (Phi) is 5.39. The van der Waals surface area contributed by atoms with E-state index in [0.29, 0.717) is 35.0 Å². The van der Waals surface area contributed by atoms with Gasteiger partial charge in [-0.1, -0.05) is 27.7 Å². The van der Waals surface area contributed by atoms with E-state index in [-0.39, 0.29) is 6.10 Å². The number of rotatable bonds is 4. The van der Waals surface area contributed by atoms with Crippen molar-refractivity contribution < 1.29 is 15.0 Å². The van der Waals surface area contributed by atoms with E-state index in [2.05, 4.69) is 27.7 Å². The Morgan fingerprint density at radius 1 is 1.04 bits per heavy atom. The Hall–Kier alpha value is -0.570. The van der Waals surface area contributed by atoms with Gasteiger partial charge in [0, 0.05) is 6.42 Å². The molecule has 160 valence electrons. The molecule has 0 aromatic heterocycles. The number of carboxylic acids is 1. The predicted octanol–water partition coefficient (Wildman–Crippen LogP) is 5.75. The number of carboxylic acid groups (broad SMARTS) is 1. The molecule has 4 saturated carbocycles. The summed E-state index contributed by atoms with van der Waals surface area (Å²) < 4.78 is 0. The lowest BCUT2D eigenvalue weighted by molar-refractivity contribution is -0.150. The molecule has 0 aromatic rings. The predicted molar refractivity (Wildman–Crippen MR) is 112 cm³/mol. The normalized spacial score (nSPS) is 51.7. The number of aliphatic hydroxyl groups is 1. The smallest absolute Gasteiger partial charge is 0.303 e.